The third kappa shape index (κ3) is 17.7. The number of hydrogen-bond donors (Lipinski definition) is 0. The number of esters is 3. The zero-order valence-corrected chi connectivity index (χ0v) is 54.3. The number of azide groups is 2. The maximum atomic E-state index is 14.7. The maximum Gasteiger partial charge on any atom is 0.338 e. The summed E-state index contributed by atoms with van der Waals surface area (Å²) in [5, 5.41) is 8.59. The van der Waals surface area contributed by atoms with E-state index in [1.165, 1.54) is 14.2 Å². The highest BCUT2D eigenvalue weighted by atomic mass is 16.8. The van der Waals surface area contributed by atoms with Gasteiger partial charge < -0.3 is 71.1 Å². The molecule has 4 saturated heterocycles. The first-order chi connectivity index (χ1) is 46.9. The molecule has 24 heteroatoms. The van der Waals surface area contributed by atoms with E-state index in [2.05, 4.69) is 20.1 Å². The van der Waals surface area contributed by atoms with E-state index in [1.807, 2.05) is 166 Å². The van der Waals surface area contributed by atoms with Gasteiger partial charge in [-0.1, -0.05) is 201 Å². The Morgan fingerprint density at radius 2 is 0.760 bits per heavy atom. The number of carbonyl (C=O) groups excluding carboxylic acids is 3. The molecule has 6 aromatic carbocycles. The third-order valence-corrected chi connectivity index (χ3v) is 17.5. The summed E-state index contributed by atoms with van der Waals surface area (Å²) in [6.07, 6.45) is -20.2. The fourth-order valence-electron chi connectivity index (χ4n) is 12.5. The van der Waals surface area contributed by atoms with E-state index >= 15 is 0 Å². The summed E-state index contributed by atoms with van der Waals surface area (Å²) in [6.45, 7) is 7.38. The second-order valence-electron chi connectivity index (χ2n) is 23.7. The minimum Gasteiger partial charge on any atom is -0.467 e. The lowest BCUT2D eigenvalue weighted by Crippen LogP contribution is -2.67. The summed E-state index contributed by atoms with van der Waals surface area (Å²) >= 11 is 0. The second-order valence-corrected chi connectivity index (χ2v) is 23.7. The first-order valence-corrected chi connectivity index (χ1v) is 32.3. The van der Waals surface area contributed by atoms with Crippen LogP contribution in [-0.2, 0) is 114 Å². The largest absolute Gasteiger partial charge is 0.467 e. The Kier molecular flexibility index (Phi) is 25.9. The quantitative estimate of drug-likeness (QED) is 0.0139. The van der Waals surface area contributed by atoms with Crippen LogP contribution in [0.2, 0.25) is 0 Å². The first kappa shape index (κ1) is 70.7. The molecule has 10 rings (SSSR count). The molecule has 0 saturated carbocycles. The molecule has 4 aliphatic heterocycles. The van der Waals surface area contributed by atoms with Crippen LogP contribution in [0.5, 0.6) is 0 Å². The van der Waals surface area contributed by atoms with E-state index in [9.17, 15) is 25.4 Å². The van der Waals surface area contributed by atoms with E-state index in [0.717, 1.165) is 27.8 Å². The molecule has 0 spiro atoms. The van der Waals surface area contributed by atoms with Crippen LogP contribution < -0.4 is 0 Å². The van der Waals surface area contributed by atoms with Crippen molar-refractivity contribution in [3.05, 3.63) is 236 Å². The molecule has 8 unspecified atom stereocenters. The number of benzene rings is 6. The average Bonchev–Trinajstić information content (AvgIpc) is 0.770. The van der Waals surface area contributed by atoms with Crippen LogP contribution in [-0.4, -0.2) is 149 Å². The van der Waals surface area contributed by atoms with E-state index in [1.54, 1.807) is 44.2 Å². The summed E-state index contributed by atoms with van der Waals surface area (Å²) < 4.78 is 99.5. The SMILES string of the molecule is CCC1O[C@@H](O[C@H]2C(C(=O)OC)O[C@@H](C)C(OC(=O)c3ccccc3)[C@@H]2OCc2ccccc2)C(N=[N+]=[N-])[C@@H](C)[C@H]1O[C@@H]1OC(C(=O)OC)[C@H](O[C@@H]2OC(CC)[C@H](OCc3ccccc3)[C@H](OCc3ccccc3)C2N=[N+]=[N-])[C@H](OCc2ccccc2)C1OCc1ccccc1. The molecule has 4 aliphatic rings. The summed E-state index contributed by atoms with van der Waals surface area (Å²) in [5.41, 5.74) is 25.1. The molecule has 20 atom stereocenters. The highest BCUT2D eigenvalue weighted by Gasteiger charge is 2.59. The first-order valence-electron chi connectivity index (χ1n) is 32.3. The van der Waals surface area contributed by atoms with Gasteiger partial charge in [0.2, 0.25) is 0 Å². The predicted octanol–water partition coefficient (Wildman–Crippen LogP) is 11.4. The van der Waals surface area contributed by atoms with E-state index in [-0.39, 0.29) is 45.0 Å². The molecule has 4 heterocycles. The van der Waals surface area contributed by atoms with Crippen molar-refractivity contribution < 1.29 is 85.4 Å². The minimum absolute atomic E-state index is 0.0143. The van der Waals surface area contributed by atoms with Crippen LogP contribution in [0, 0.1) is 5.92 Å². The molecular formula is C72H82N6O18. The van der Waals surface area contributed by atoms with Crippen molar-refractivity contribution in [2.75, 3.05) is 14.2 Å². The Morgan fingerprint density at radius 3 is 1.19 bits per heavy atom. The molecule has 0 amide bonds. The Morgan fingerprint density at radius 1 is 0.406 bits per heavy atom. The van der Waals surface area contributed by atoms with Gasteiger partial charge in [0.25, 0.3) is 0 Å². The van der Waals surface area contributed by atoms with Gasteiger partial charge >= 0.3 is 17.9 Å². The van der Waals surface area contributed by atoms with Crippen molar-refractivity contribution in [2.45, 2.75) is 190 Å². The Hall–Kier alpha value is -8.13. The van der Waals surface area contributed by atoms with E-state index < -0.39 is 140 Å². The highest BCUT2D eigenvalue weighted by Crippen LogP contribution is 2.42. The van der Waals surface area contributed by atoms with Crippen molar-refractivity contribution in [2.24, 2.45) is 16.1 Å². The predicted molar refractivity (Wildman–Crippen MR) is 345 cm³/mol. The molecule has 4 fully saturated rings. The van der Waals surface area contributed by atoms with Gasteiger partial charge in [0.05, 0.1) is 83.3 Å². The maximum absolute atomic E-state index is 14.7. The zero-order chi connectivity index (χ0) is 67.3. The van der Waals surface area contributed by atoms with Gasteiger partial charge in [0.1, 0.15) is 48.8 Å². The van der Waals surface area contributed by atoms with Gasteiger partial charge in [0.15, 0.2) is 37.2 Å². The molecule has 0 aromatic heterocycles. The fraction of sp³-hybridized carbons (Fsp3) is 0.458. The molecule has 6 aromatic rings. The minimum atomic E-state index is -1.67. The van der Waals surface area contributed by atoms with Gasteiger partial charge in [-0.25, -0.2) is 14.4 Å². The Labute approximate surface area is 557 Å². The van der Waals surface area contributed by atoms with Gasteiger partial charge in [0, 0.05) is 9.82 Å². The molecule has 0 aliphatic carbocycles. The number of methoxy groups -OCH3 is 2. The highest BCUT2D eigenvalue weighted by molar-refractivity contribution is 5.89. The lowest BCUT2D eigenvalue weighted by Gasteiger charge is -2.51. The van der Waals surface area contributed by atoms with Crippen molar-refractivity contribution in [3.8, 4) is 0 Å². The lowest BCUT2D eigenvalue weighted by molar-refractivity contribution is -0.371. The van der Waals surface area contributed by atoms with Crippen molar-refractivity contribution in [1.29, 1.82) is 0 Å². The monoisotopic (exact) mass is 1320 g/mol. The molecule has 96 heavy (non-hydrogen) atoms. The van der Waals surface area contributed by atoms with Gasteiger partial charge in [-0.15, -0.1) is 0 Å². The third-order valence-electron chi connectivity index (χ3n) is 17.5. The van der Waals surface area contributed by atoms with Crippen LogP contribution in [0.15, 0.2) is 192 Å². The van der Waals surface area contributed by atoms with Crippen LogP contribution in [0.4, 0.5) is 0 Å². The van der Waals surface area contributed by atoms with Crippen LogP contribution in [0.25, 0.3) is 20.9 Å². The summed E-state index contributed by atoms with van der Waals surface area (Å²) in [4.78, 5) is 49.2. The van der Waals surface area contributed by atoms with Crippen molar-refractivity contribution in [3.63, 3.8) is 0 Å². The van der Waals surface area contributed by atoms with Gasteiger partial charge in [-0.05, 0) is 76.7 Å². The van der Waals surface area contributed by atoms with Crippen molar-refractivity contribution in [1.82, 2.24) is 0 Å². The van der Waals surface area contributed by atoms with E-state index in [4.69, 9.17) is 71.1 Å². The standard InChI is InChI=1S/C72H82N6O18/c1-7-52-56(44(3)54(75-77-73)70(90-52)94-62-60(86-41-48-31-19-11-20-32-48)57(45(4)89-64(62)68(80)82-5)92-67(79)51-37-25-14-26-38-51)93-72-66(88-43-50-35-23-13-24-36-50)61(87-42-49-33-21-12-22-34-49)63(65(96-72)69(81)83-6)95-71-55(76-78-74)59(85-40-47-29-17-10-18-30-47)58(53(8-2)91-71)84-39-46-27-15-9-16-28-46/h9-38,44-45,52-66,70-72H,7-8,39-43H2,1-6H3/t44-,45+,52?,53?,54?,55?,56-,57?,58+,59-,60+,61+,62-,63-,64?,65?,66?,70+,71+,72-/m1/s1. The molecule has 0 radical (unpaired) electrons. The van der Waals surface area contributed by atoms with Gasteiger partial charge in [-0.2, -0.15) is 0 Å². The molecule has 0 N–H and O–H groups in total. The number of carbonyl (C=O) groups is 3. The zero-order valence-electron chi connectivity index (χ0n) is 54.3. The second kappa shape index (κ2) is 35.2. The van der Waals surface area contributed by atoms with Crippen molar-refractivity contribution >= 4 is 17.9 Å². The molecule has 0 bridgehead atoms. The summed E-state index contributed by atoms with van der Waals surface area (Å²) in [6, 6.07) is 53.0. The van der Waals surface area contributed by atoms with Crippen LogP contribution >= 0.6 is 0 Å². The number of nitrogens with zero attached hydrogens (tertiary/aromatic N) is 6. The molecule has 508 valence electrons. The molecule has 24 nitrogen and oxygen atoms in total. The number of rotatable bonds is 29. The Bertz CT molecular complexity index is 3470. The van der Waals surface area contributed by atoms with Crippen LogP contribution in [0.3, 0.4) is 0 Å². The summed E-state index contributed by atoms with van der Waals surface area (Å²) in [7, 11) is 2.41. The van der Waals surface area contributed by atoms with Gasteiger partial charge in [-0.3, -0.25) is 0 Å². The number of hydrogen-bond acceptors (Lipinski definition) is 20. The fourth-order valence-corrected chi connectivity index (χ4v) is 12.5. The lowest BCUT2D eigenvalue weighted by atomic mass is 9.87. The topological polar surface area (TPSA) is 287 Å². The van der Waals surface area contributed by atoms with E-state index in [0.29, 0.717) is 6.42 Å². The number of ether oxygens (including phenoxy) is 15. The Balaban J connectivity index is 1.00. The molecular weight excluding hydrogens is 1240 g/mol. The average molecular weight is 1320 g/mol. The normalized spacial score (nSPS) is 30.4. The summed E-state index contributed by atoms with van der Waals surface area (Å²) in [5.74, 6) is -3.23. The smallest absolute Gasteiger partial charge is 0.338 e. The van der Waals surface area contributed by atoms with Crippen LogP contribution in [0.1, 0.15) is 78.7 Å².